The maximum absolute atomic E-state index is 3.08. The SMILES string of the molecule is CC=Cc1[c]cccc1. The molecule has 0 aromatic heterocycles. The van der Waals surface area contributed by atoms with Gasteiger partial charge in [-0.3, -0.25) is 0 Å². The van der Waals surface area contributed by atoms with Crippen molar-refractivity contribution < 1.29 is 0 Å². The lowest BCUT2D eigenvalue weighted by Crippen LogP contribution is -1.66. The van der Waals surface area contributed by atoms with Crippen LogP contribution < -0.4 is 0 Å². The van der Waals surface area contributed by atoms with Crippen molar-refractivity contribution >= 4 is 6.08 Å². The lowest BCUT2D eigenvalue weighted by molar-refractivity contribution is 1.63. The molecule has 1 aromatic carbocycles. The molecule has 0 N–H and O–H groups in total. The topological polar surface area (TPSA) is 0 Å². The van der Waals surface area contributed by atoms with Crippen molar-refractivity contribution in [1.82, 2.24) is 0 Å². The second kappa shape index (κ2) is 3.08. The zero-order chi connectivity index (χ0) is 6.53. The van der Waals surface area contributed by atoms with Gasteiger partial charge in [0.2, 0.25) is 0 Å². The summed E-state index contributed by atoms with van der Waals surface area (Å²) >= 11 is 0. The summed E-state index contributed by atoms with van der Waals surface area (Å²) in [4.78, 5) is 0. The molecule has 0 spiro atoms. The van der Waals surface area contributed by atoms with Crippen molar-refractivity contribution in [2.45, 2.75) is 6.92 Å². The normalized spacial score (nSPS) is 10.3. The van der Waals surface area contributed by atoms with Gasteiger partial charge in [-0.1, -0.05) is 36.4 Å². The minimum atomic E-state index is 1.14. The van der Waals surface area contributed by atoms with Gasteiger partial charge in [-0.05, 0) is 18.6 Å². The number of hydrogen-bond acceptors (Lipinski definition) is 0. The molecule has 1 radical (unpaired) electrons. The van der Waals surface area contributed by atoms with Crippen LogP contribution in [0.2, 0.25) is 0 Å². The minimum Gasteiger partial charge on any atom is -0.0870 e. The van der Waals surface area contributed by atoms with Gasteiger partial charge >= 0.3 is 0 Å². The Hall–Kier alpha value is -1.04. The summed E-state index contributed by atoms with van der Waals surface area (Å²) in [5, 5.41) is 0. The number of hydrogen-bond donors (Lipinski definition) is 0. The molecular formula is C9H9. The quantitative estimate of drug-likeness (QED) is 0.530. The Morgan fingerprint density at radius 1 is 1.44 bits per heavy atom. The standard InChI is InChI=1S/C9H9/c1-2-6-9-7-4-3-5-8-9/h2-7H,1H3. The van der Waals surface area contributed by atoms with Gasteiger partial charge in [-0.2, -0.15) is 0 Å². The predicted molar refractivity (Wildman–Crippen MR) is 40.0 cm³/mol. The molecule has 0 atom stereocenters. The molecule has 0 fully saturated rings. The van der Waals surface area contributed by atoms with Crippen molar-refractivity contribution in [3.8, 4) is 0 Å². The number of benzene rings is 1. The largest absolute Gasteiger partial charge is 0.0870 e. The Morgan fingerprint density at radius 3 is 2.89 bits per heavy atom. The summed E-state index contributed by atoms with van der Waals surface area (Å²) in [6.45, 7) is 2.00. The first-order chi connectivity index (χ1) is 4.43. The molecule has 0 aliphatic heterocycles. The summed E-state index contributed by atoms with van der Waals surface area (Å²) in [7, 11) is 0. The highest BCUT2D eigenvalue weighted by atomic mass is 13.8. The zero-order valence-corrected chi connectivity index (χ0v) is 5.46. The average molecular weight is 117 g/mol. The summed E-state index contributed by atoms with van der Waals surface area (Å²) in [6.07, 6.45) is 4.03. The summed E-state index contributed by atoms with van der Waals surface area (Å²) in [6, 6.07) is 11.0. The van der Waals surface area contributed by atoms with Gasteiger partial charge in [0.1, 0.15) is 0 Å². The summed E-state index contributed by atoms with van der Waals surface area (Å²) < 4.78 is 0. The van der Waals surface area contributed by atoms with Crippen LogP contribution in [0.5, 0.6) is 0 Å². The second-order valence-electron chi connectivity index (χ2n) is 1.82. The van der Waals surface area contributed by atoms with Gasteiger partial charge in [0, 0.05) is 0 Å². The van der Waals surface area contributed by atoms with E-state index in [9.17, 15) is 0 Å². The molecule has 9 heavy (non-hydrogen) atoms. The van der Waals surface area contributed by atoms with E-state index in [0.717, 1.165) is 5.56 Å². The van der Waals surface area contributed by atoms with Crippen LogP contribution in [0.4, 0.5) is 0 Å². The number of allylic oxidation sites excluding steroid dienone is 1. The molecule has 1 rings (SSSR count). The molecular weight excluding hydrogens is 108 g/mol. The third-order valence-electron chi connectivity index (χ3n) is 1.08. The molecule has 1 aromatic rings. The molecule has 0 unspecified atom stereocenters. The van der Waals surface area contributed by atoms with Crippen LogP contribution in [-0.2, 0) is 0 Å². The molecule has 45 valence electrons. The van der Waals surface area contributed by atoms with Crippen molar-refractivity contribution in [2.24, 2.45) is 0 Å². The summed E-state index contributed by atoms with van der Waals surface area (Å²) in [5.74, 6) is 0. The van der Waals surface area contributed by atoms with Crippen LogP contribution in [0.1, 0.15) is 12.5 Å². The van der Waals surface area contributed by atoms with E-state index in [1.165, 1.54) is 0 Å². The molecule has 0 aliphatic rings. The number of rotatable bonds is 1. The fraction of sp³-hybridized carbons (Fsp3) is 0.111. The van der Waals surface area contributed by atoms with Crippen molar-refractivity contribution in [3.05, 3.63) is 42.0 Å². The second-order valence-corrected chi connectivity index (χ2v) is 1.82. The third-order valence-corrected chi connectivity index (χ3v) is 1.08. The van der Waals surface area contributed by atoms with Gasteiger partial charge in [0.15, 0.2) is 0 Å². The molecule has 0 heteroatoms. The fourth-order valence-corrected chi connectivity index (χ4v) is 0.690. The minimum absolute atomic E-state index is 1.14. The molecule has 0 amide bonds. The highest BCUT2D eigenvalue weighted by Gasteiger charge is 1.78. The molecule has 0 saturated carbocycles. The zero-order valence-electron chi connectivity index (χ0n) is 5.46. The summed E-state index contributed by atoms with van der Waals surface area (Å²) in [5.41, 5.74) is 1.14. The lowest BCUT2D eigenvalue weighted by Gasteiger charge is -1.86. The fourth-order valence-electron chi connectivity index (χ4n) is 0.690. The van der Waals surface area contributed by atoms with E-state index in [-0.39, 0.29) is 0 Å². The van der Waals surface area contributed by atoms with Gasteiger partial charge in [0.25, 0.3) is 0 Å². The van der Waals surface area contributed by atoms with Crippen molar-refractivity contribution in [3.63, 3.8) is 0 Å². The van der Waals surface area contributed by atoms with Crippen LogP contribution >= 0.6 is 0 Å². The van der Waals surface area contributed by atoms with Gasteiger partial charge < -0.3 is 0 Å². The van der Waals surface area contributed by atoms with E-state index in [1.807, 2.05) is 43.3 Å². The third kappa shape index (κ3) is 1.73. The Morgan fingerprint density at radius 2 is 2.33 bits per heavy atom. The average Bonchev–Trinajstić information content (AvgIpc) is 1.91. The highest BCUT2D eigenvalue weighted by molar-refractivity contribution is 5.47. The maximum atomic E-state index is 3.08. The Bertz CT molecular complexity index is 184. The monoisotopic (exact) mass is 117 g/mol. The highest BCUT2D eigenvalue weighted by Crippen LogP contribution is 1.98. The van der Waals surface area contributed by atoms with Crippen molar-refractivity contribution in [1.29, 1.82) is 0 Å². The van der Waals surface area contributed by atoms with E-state index >= 15 is 0 Å². The Labute approximate surface area is 55.8 Å². The Balaban J connectivity index is 2.85. The molecule has 0 nitrogen and oxygen atoms in total. The van der Waals surface area contributed by atoms with E-state index in [2.05, 4.69) is 6.07 Å². The molecule has 0 heterocycles. The first kappa shape index (κ1) is 6.09. The van der Waals surface area contributed by atoms with Crippen LogP contribution in [0.3, 0.4) is 0 Å². The van der Waals surface area contributed by atoms with E-state index in [4.69, 9.17) is 0 Å². The first-order valence-corrected chi connectivity index (χ1v) is 3.03. The smallest absolute Gasteiger partial charge is 0.0106 e. The van der Waals surface area contributed by atoms with Gasteiger partial charge in [0.05, 0.1) is 0 Å². The van der Waals surface area contributed by atoms with Crippen LogP contribution in [-0.4, -0.2) is 0 Å². The molecule has 0 saturated heterocycles. The first-order valence-electron chi connectivity index (χ1n) is 3.03. The maximum Gasteiger partial charge on any atom is -0.0106 e. The Kier molecular flexibility index (Phi) is 2.08. The van der Waals surface area contributed by atoms with E-state index in [0.29, 0.717) is 0 Å². The van der Waals surface area contributed by atoms with Gasteiger partial charge in [-0.25, -0.2) is 0 Å². The van der Waals surface area contributed by atoms with Crippen molar-refractivity contribution in [2.75, 3.05) is 0 Å². The lowest BCUT2D eigenvalue weighted by atomic mass is 10.2. The molecule has 0 bridgehead atoms. The van der Waals surface area contributed by atoms with E-state index in [1.54, 1.807) is 0 Å². The van der Waals surface area contributed by atoms with Crippen LogP contribution in [0.25, 0.3) is 6.08 Å². The van der Waals surface area contributed by atoms with Crippen LogP contribution in [0.15, 0.2) is 30.3 Å². The van der Waals surface area contributed by atoms with E-state index < -0.39 is 0 Å². The van der Waals surface area contributed by atoms with Gasteiger partial charge in [-0.15, -0.1) is 0 Å². The van der Waals surface area contributed by atoms with Crippen LogP contribution in [0, 0.1) is 6.07 Å². The predicted octanol–water partition coefficient (Wildman–Crippen LogP) is 2.52. The molecule has 0 aliphatic carbocycles.